The Morgan fingerprint density at radius 2 is 0.786 bits per heavy atom. The monoisotopic (exact) mass is 749 g/mol. The Morgan fingerprint density at radius 3 is 0.952 bits per heavy atom. The molecule has 0 N–H and O–H groups in total. The number of carbonyl (C=O) groups is 4. The minimum atomic E-state index is -6.72. The Labute approximate surface area is 250 Å². The third-order valence-corrected chi connectivity index (χ3v) is 110. The zero-order valence-corrected chi connectivity index (χ0v) is 30.3. The Hall–Kier alpha value is 0.0566. The molecule has 0 aromatic heterocycles. The third-order valence-electron chi connectivity index (χ3n) is 17.2. The van der Waals surface area contributed by atoms with E-state index in [0.717, 1.165) is 102 Å². The summed E-state index contributed by atoms with van der Waals surface area (Å²) < 4.78 is 4.31. The average Bonchev–Trinajstić information content (AvgIpc) is 3.91. The molecule has 6 heteroatoms. The van der Waals surface area contributed by atoms with Crippen LogP contribution in [0.1, 0.15) is 148 Å². The normalized spacial score (nSPS) is 47.7. The van der Waals surface area contributed by atoms with Crippen molar-refractivity contribution >= 4 is 18.7 Å². The van der Waals surface area contributed by atoms with E-state index in [1.165, 1.54) is 51.4 Å². The molecule has 0 atom stereocenters. The molecule has 0 radical (unpaired) electrons. The number of hydrogen-bond acceptors (Lipinski definition) is 4. The minimum absolute atomic E-state index is 0.0512. The van der Waals surface area contributed by atoms with Crippen molar-refractivity contribution < 1.29 is 41.5 Å². The maximum absolute atomic E-state index is 15.3. The van der Waals surface area contributed by atoms with Crippen LogP contribution in [-0.4, -0.2) is 18.7 Å². The number of rotatable bonds is 12. The topological polar surface area (TPSA) is 68.3 Å². The van der Waals surface area contributed by atoms with E-state index < -0.39 is 22.4 Å². The number of fused-ring (bicyclic) bond motifs is 8. The Bertz CT molecular complexity index is 1060. The predicted octanol–water partition coefficient (Wildman–Crippen LogP) is 9.81. The van der Waals surface area contributed by atoms with E-state index in [0.29, 0.717) is 34.9 Å². The second-order valence-corrected chi connectivity index (χ2v) is 67.8. The summed E-state index contributed by atoms with van der Waals surface area (Å²) in [5, 5.41) is 0. The molecule has 237 valence electrons. The molecule has 0 spiro atoms. The molecule has 0 aliphatic heterocycles. The summed E-state index contributed by atoms with van der Waals surface area (Å²) in [6, 6.07) is 0. The van der Waals surface area contributed by atoms with Gasteiger partial charge >= 0.3 is 252 Å². The van der Waals surface area contributed by atoms with Gasteiger partial charge in [-0.25, -0.2) is 0 Å². The molecule has 0 saturated heterocycles. The molecule has 8 aliphatic rings. The fourth-order valence-corrected chi connectivity index (χ4v) is 154. The first kappa shape index (κ1) is 29.5. The fraction of sp³-hybridized carbons (Fsp3) is 0.889. The molecule has 0 aromatic carbocycles. The summed E-state index contributed by atoms with van der Waals surface area (Å²) in [7, 11) is -6.72. The van der Waals surface area contributed by atoms with Crippen LogP contribution in [0.2, 0.25) is 20.0 Å². The molecule has 0 unspecified atom stereocenters. The number of carbonyl (C=O) groups excluding carboxylic acids is 4. The molecule has 8 bridgehead atoms. The van der Waals surface area contributed by atoms with Gasteiger partial charge in [0.1, 0.15) is 0 Å². The number of unbranched alkanes of at least 4 members (excludes halogenated alkanes) is 1. The third kappa shape index (κ3) is 2.30. The van der Waals surface area contributed by atoms with E-state index in [4.69, 9.17) is 0 Å². The summed E-state index contributed by atoms with van der Waals surface area (Å²) in [6.45, 7) is 2.15. The van der Waals surface area contributed by atoms with Crippen LogP contribution in [0.4, 0.5) is 0 Å². The van der Waals surface area contributed by atoms with Gasteiger partial charge in [-0.3, -0.25) is 0 Å². The van der Waals surface area contributed by atoms with Gasteiger partial charge in [0.15, 0.2) is 0 Å². The van der Waals surface area contributed by atoms with Crippen molar-refractivity contribution in [3.05, 3.63) is 0 Å². The second-order valence-electron chi connectivity index (χ2n) is 17.7. The van der Waals surface area contributed by atoms with Gasteiger partial charge in [-0.2, -0.15) is 0 Å². The Morgan fingerprint density at radius 1 is 0.524 bits per heavy atom. The molecule has 0 aromatic rings. The molecule has 8 saturated carbocycles. The molecule has 4 nitrogen and oxygen atoms in total. The van der Waals surface area contributed by atoms with E-state index in [-0.39, 0.29) is 15.2 Å². The van der Waals surface area contributed by atoms with Gasteiger partial charge in [0, 0.05) is 0 Å². The summed E-state index contributed by atoms with van der Waals surface area (Å²) in [5.74, 6) is 2.69. The SMILES string of the molecule is CCC[CH2][Mo]([CH]=O)([CH]=O)([CH]=O)([CH]=O)[Mo]([C]12CCC(CC1)C2)([C]12CCC(CC1)C2)([C]12CCC(CC1)C2)[C]12CCC(CC1)C2. The van der Waals surface area contributed by atoms with Gasteiger partial charge in [0.2, 0.25) is 0 Å². The predicted molar refractivity (Wildman–Crippen MR) is 164 cm³/mol. The van der Waals surface area contributed by atoms with E-state index in [9.17, 15) is 0 Å². The quantitative estimate of drug-likeness (QED) is 0.147. The first-order valence-electron chi connectivity index (χ1n) is 18.0. The van der Waals surface area contributed by atoms with E-state index >= 15 is 19.2 Å². The van der Waals surface area contributed by atoms with Crippen LogP contribution in [0.5, 0.6) is 0 Å². The fourth-order valence-electron chi connectivity index (χ4n) is 17.0. The zero-order chi connectivity index (χ0) is 29.3. The molecule has 8 aliphatic carbocycles. The molecular formula is C36H57Mo2O4. The number of hydrogen-bond donors (Lipinski definition) is 0. The van der Waals surface area contributed by atoms with Crippen molar-refractivity contribution in [3.63, 3.8) is 0 Å². The second kappa shape index (κ2) is 8.50. The van der Waals surface area contributed by atoms with E-state index in [1.54, 1.807) is 0 Å². The van der Waals surface area contributed by atoms with Crippen LogP contribution in [-0.2, 0) is 41.5 Å². The van der Waals surface area contributed by atoms with E-state index in [2.05, 4.69) is 6.92 Å². The summed E-state index contributed by atoms with van der Waals surface area (Å²) in [4.78, 5) is 61.5. The van der Waals surface area contributed by atoms with Crippen molar-refractivity contribution in [2.24, 2.45) is 23.7 Å². The first-order valence-corrected chi connectivity index (χ1v) is 33.7. The summed E-state index contributed by atoms with van der Waals surface area (Å²) in [6.07, 6.45) is 25.0. The van der Waals surface area contributed by atoms with Gasteiger partial charge in [0.25, 0.3) is 0 Å². The van der Waals surface area contributed by atoms with Crippen molar-refractivity contribution in [2.45, 2.75) is 168 Å². The standard InChI is InChI=1S/4C7H11.C4H9.4CHO.2Mo/c4*1-2-7-4-3-6(1)5-7;1-3-4-2;4*1-2;;/h4*6H,1-5H2;1,3-4H2,2H3;4*1H;;. The Kier molecular flexibility index (Phi) is 5.96. The van der Waals surface area contributed by atoms with Crippen molar-refractivity contribution in [1.29, 1.82) is 0 Å². The molecule has 8 fully saturated rings. The van der Waals surface area contributed by atoms with Crippen molar-refractivity contribution in [3.8, 4) is 0 Å². The zero-order valence-electron chi connectivity index (χ0n) is 26.3. The van der Waals surface area contributed by atoms with Crippen molar-refractivity contribution in [1.82, 2.24) is 0 Å². The summed E-state index contributed by atoms with van der Waals surface area (Å²) in [5.41, 5.74) is 0. The first-order chi connectivity index (χ1) is 20.2. The van der Waals surface area contributed by atoms with Gasteiger partial charge in [-0.15, -0.1) is 0 Å². The maximum atomic E-state index is 15.3. The van der Waals surface area contributed by atoms with Crippen LogP contribution in [0.3, 0.4) is 0 Å². The molecule has 42 heavy (non-hydrogen) atoms. The van der Waals surface area contributed by atoms with Gasteiger partial charge < -0.3 is 0 Å². The van der Waals surface area contributed by atoms with Crippen LogP contribution >= 0.6 is 0 Å². The van der Waals surface area contributed by atoms with Crippen molar-refractivity contribution in [2.75, 3.05) is 0 Å². The van der Waals surface area contributed by atoms with Crippen LogP contribution in [0, 0.1) is 23.7 Å². The van der Waals surface area contributed by atoms with Gasteiger partial charge in [-0.05, 0) is 0 Å². The molecule has 8 rings (SSSR count). The molecular weight excluding hydrogens is 688 g/mol. The van der Waals surface area contributed by atoms with E-state index in [1.807, 2.05) is 0 Å². The summed E-state index contributed by atoms with van der Waals surface area (Å²) >= 11 is -5.36. The van der Waals surface area contributed by atoms with Gasteiger partial charge in [-0.1, -0.05) is 0 Å². The molecule has 0 amide bonds. The van der Waals surface area contributed by atoms with Crippen LogP contribution in [0.25, 0.3) is 0 Å². The average molecular weight is 746 g/mol. The van der Waals surface area contributed by atoms with Crippen LogP contribution < -0.4 is 0 Å². The van der Waals surface area contributed by atoms with Crippen LogP contribution in [0.15, 0.2) is 0 Å². The molecule has 0 heterocycles. The van der Waals surface area contributed by atoms with Gasteiger partial charge in [0.05, 0.1) is 0 Å². The Balaban J connectivity index is 1.73.